The van der Waals surface area contributed by atoms with Gasteiger partial charge in [-0.3, -0.25) is 0 Å². The minimum atomic E-state index is -0.698. The minimum Gasteiger partial charge on any atom is -0.388 e. The molecule has 0 aromatic carbocycles. The molecule has 1 fully saturated rings. The Labute approximate surface area is 103 Å². The average Bonchev–Trinajstić information content (AvgIpc) is 2.69. The monoisotopic (exact) mass is 249 g/mol. The molecule has 18 heavy (non-hydrogen) atoms. The third-order valence-electron chi connectivity index (χ3n) is 3.26. The second kappa shape index (κ2) is 3.81. The largest absolute Gasteiger partial charge is 0.388 e. The van der Waals surface area contributed by atoms with Crippen LogP contribution in [0.15, 0.2) is 16.9 Å². The van der Waals surface area contributed by atoms with E-state index in [-0.39, 0.29) is 5.69 Å². The number of hydrogen-bond acceptors (Lipinski definition) is 5. The van der Waals surface area contributed by atoms with Crippen molar-refractivity contribution in [3.05, 3.63) is 22.6 Å². The van der Waals surface area contributed by atoms with Crippen molar-refractivity contribution >= 4 is 11.5 Å². The van der Waals surface area contributed by atoms with Crippen LogP contribution in [0.3, 0.4) is 0 Å². The predicted molar refractivity (Wildman–Crippen MR) is 65.7 cm³/mol. The first-order valence-electron chi connectivity index (χ1n) is 5.97. The summed E-state index contributed by atoms with van der Waals surface area (Å²) in [7, 11) is 0. The highest BCUT2D eigenvalue weighted by Gasteiger charge is 2.29. The number of piperidine rings is 1. The Morgan fingerprint density at radius 2 is 2.33 bits per heavy atom. The highest BCUT2D eigenvalue weighted by molar-refractivity contribution is 5.45. The van der Waals surface area contributed by atoms with Crippen LogP contribution in [-0.4, -0.2) is 43.6 Å². The number of aromatic amines is 1. The van der Waals surface area contributed by atoms with Crippen molar-refractivity contribution in [1.29, 1.82) is 0 Å². The fourth-order valence-electron chi connectivity index (χ4n) is 2.38. The first-order chi connectivity index (χ1) is 8.55. The summed E-state index contributed by atoms with van der Waals surface area (Å²) in [5, 5.41) is 20.5. The summed E-state index contributed by atoms with van der Waals surface area (Å²) < 4.78 is 1.23. The third-order valence-corrected chi connectivity index (χ3v) is 3.26. The first kappa shape index (κ1) is 11.2. The maximum absolute atomic E-state index is 11.5. The van der Waals surface area contributed by atoms with Gasteiger partial charge in [0.25, 0.3) is 0 Å². The number of aromatic nitrogens is 4. The average molecular weight is 249 g/mol. The summed E-state index contributed by atoms with van der Waals surface area (Å²) in [5.41, 5.74) is -0.556. The lowest BCUT2D eigenvalue weighted by atomic mass is 9.95. The first-order valence-corrected chi connectivity index (χ1v) is 5.97. The van der Waals surface area contributed by atoms with Crippen molar-refractivity contribution in [3.63, 3.8) is 0 Å². The number of rotatable bonds is 1. The van der Waals surface area contributed by atoms with E-state index in [0.717, 1.165) is 19.4 Å². The van der Waals surface area contributed by atoms with Gasteiger partial charge in [-0.15, -0.1) is 5.10 Å². The van der Waals surface area contributed by atoms with Gasteiger partial charge in [-0.2, -0.15) is 9.61 Å². The summed E-state index contributed by atoms with van der Waals surface area (Å²) in [6.07, 6.45) is 1.70. The molecule has 0 saturated carbocycles. The molecule has 3 heterocycles. The van der Waals surface area contributed by atoms with Crippen LogP contribution in [0.4, 0.5) is 5.82 Å². The molecule has 96 valence electrons. The van der Waals surface area contributed by atoms with Crippen LogP contribution < -0.4 is 10.6 Å². The summed E-state index contributed by atoms with van der Waals surface area (Å²) in [4.78, 5) is 13.4. The molecule has 0 amide bonds. The van der Waals surface area contributed by atoms with Gasteiger partial charge in [0, 0.05) is 13.1 Å². The molecule has 1 aliphatic rings. The van der Waals surface area contributed by atoms with Crippen LogP contribution in [0.2, 0.25) is 0 Å². The molecular weight excluding hydrogens is 234 g/mol. The molecule has 2 N–H and O–H groups in total. The van der Waals surface area contributed by atoms with E-state index in [1.54, 1.807) is 6.07 Å². The van der Waals surface area contributed by atoms with Crippen LogP contribution in [0.1, 0.15) is 19.8 Å². The van der Waals surface area contributed by atoms with Crippen molar-refractivity contribution in [3.8, 4) is 0 Å². The van der Waals surface area contributed by atoms with Crippen molar-refractivity contribution in [2.45, 2.75) is 25.4 Å². The Hall–Kier alpha value is -1.89. The number of fused-ring (bicyclic) bond motifs is 1. The minimum absolute atomic E-state index is 0.351. The molecule has 0 radical (unpaired) electrons. The fourth-order valence-corrected chi connectivity index (χ4v) is 2.38. The molecule has 1 aliphatic heterocycles. The second-order valence-corrected chi connectivity index (χ2v) is 5.01. The van der Waals surface area contributed by atoms with Gasteiger partial charge < -0.3 is 10.0 Å². The number of nitrogens with one attached hydrogen (secondary N) is 1. The summed E-state index contributed by atoms with van der Waals surface area (Å²) >= 11 is 0. The Bertz CT molecular complexity index is 630. The number of nitrogens with zero attached hydrogens (tertiary/aromatic N) is 4. The Kier molecular flexibility index (Phi) is 2.37. The molecule has 0 spiro atoms. The van der Waals surface area contributed by atoms with Gasteiger partial charge >= 0.3 is 5.69 Å². The SMILES string of the molecule is CC1(O)CCCN(c2ccc3n[nH]c(=O)n3n2)C1. The molecule has 0 bridgehead atoms. The normalized spacial score (nSPS) is 24.7. The van der Waals surface area contributed by atoms with E-state index in [9.17, 15) is 9.90 Å². The van der Waals surface area contributed by atoms with Crippen LogP contribution in [0, 0.1) is 0 Å². The van der Waals surface area contributed by atoms with Gasteiger partial charge in [0.05, 0.1) is 5.60 Å². The van der Waals surface area contributed by atoms with Gasteiger partial charge in [-0.25, -0.2) is 9.89 Å². The van der Waals surface area contributed by atoms with Crippen LogP contribution >= 0.6 is 0 Å². The Morgan fingerprint density at radius 3 is 3.11 bits per heavy atom. The van der Waals surface area contributed by atoms with E-state index < -0.39 is 5.60 Å². The number of hydrogen-bond donors (Lipinski definition) is 2. The molecular formula is C11H15N5O2. The van der Waals surface area contributed by atoms with E-state index in [4.69, 9.17) is 0 Å². The lowest BCUT2D eigenvalue weighted by Gasteiger charge is -2.37. The number of H-pyrrole nitrogens is 1. The van der Waals surface area contributed by atoms with E-state index in [2.05, 4.69) is 15.3 Å². The quantitative estimate of drug-likeness (QED) is 0.729. The maximum atomic E-state index is 11.5. The predicted octanol–water partition coefficient (Wildman–Crippen LogP) is -0.231. The van der Waals surface area contributed by atoms with Gasteiger partial charge in [0.1, 0.15) is 5.82 Å². The van der Waals surface area contributed by atoms with Crippen molar-refractivity contribution in [2.24, 2.45) is 0 Å². The molecule has 1 atom stereocenters. The number of aliphatic hydroxyl groups is 1. The van der Waals surface area contributed by atoms with Crippen molar-refractivity contribution < 1.29 is 5.11 Å². The standard InChI is InChI=1S/C11H15N5O2/c1-11(18)5-2-6-15(7-11)9-4-3-8-12-13-10(17)16(8)14-9/h3-4,18H,2,5-7H2,1H3,(H,13,17). The van der Waals surface area contributed by atoms with Crippen LogP contribution in [0.5, 0.6) is 0 Å². The molecule has 3 rings (SSSR count). The zero-order valence-electron chi connectivity index (χ0n) is 10.1. The summed E-state index contributed by atoms with van der Waals surface area (Å²) in [6, 6.07) is 3.56. The second-order valence-electron chi connectivity index (χ2n) is 5.01. The third kappa shape index (κ3) is 1.86. The van der Waals surface area contributed by atoms with Gasteiger partial charge in [-0.05, 0) is 31.9 Å². The van der Waals surface area contributed by atoms with Crippen LogP contribution in [-0.2, 0) is 0 Å². The lowest BCUT2D eigenvalue weighted by molar-refractivity contribution is 0.0446. The van der Waals surface area contributed by atoms with Gasteiger partial charge in [0.2, 0.25) is 0 Å². The Balaban J connectivity index is 1.98. The smallest absolute Gasteiger partial charge is 0.364 e. The van der Waals surface area contributed by atoms with E-state index >= 15 is 0 Å². The topological polar surface area (TPSA) is 86.5 Å². The fraction of sp³-hybridized carbons (Fsp3) is 0.545. The zero-order valence-corrected chi connectivity index (χ0v) is 10.1. The lowest BCUT2D eigenvalue weighted by Crippen LogP contribution is -2.46. The van der Waals surface area contributed by atoms with Gasteiger partial charge in [-0.1, -0.05) is 0 Å². The van der Waals surface area contributed by atoms with Crippen molar-refractivity contribution in [2.75, 3.05) is 18.0 Å². The van der Waals surface area contributed by atoms with E-state index in [1.807, 2.05) is 17.9 Å². The molecule has 2 aromatic rings. The van der Waals surface area contributed by atoms with E-state index in [1.165, 1.54) is 4.52 Å². The molecule has 2 aromatic heterocycles. The van der Waals surface area contributed by atoms with E-state index in [0.29, 0.717) is 18.0 Å². The molecule has 1 saturated heterocycles. The molecule has 7 nitrogen and oxygen atoms in total. The maximum Gasteiger partial charge on any atom is 0.364 e. The molecule has 1 unspecified atom stereocenters. The van der Waals surface area contributed by atoms with Crippen LogP contribution in [0.25, 0.3) is 5.65 Å². The number of β-amino-alcohol motifs (C(OH)–C–C–N with tert-alkyl or cyclic N) is 1. The van der Waals surface area contributed by atoms with Gasteiger partial charge in [0.15, 0.2) is 5.65 Å². The zero-order chi connectivity index (χ0) is 12.8. The highest BCUT2D eigenvalue weighted by atomic mass is 16.3. The van der Waals surface area contributed by atoms with Crippen molar-refractivity contribution in [1.82, 2.24) is 19.8 Å². The molecule has 0 aliphatic carbocycles. The highest BCUT2D eigenvalue weighted by Crippen LogP contribution is 2.23. The Morgan fingerprint density at radius 1 is 1.50 bits per heavy atom. The molecule has 7 heteroatoms. The summed E-state index contributed by atoms with van der Waals surface area (Å²) in [6.45, 7) is 3.18. The summed E-state index contributed by atoms with van der Waals surface area (Å²) in [5.74, 6) is 0.686. The number of anilines is 1.